The molecule has 2 heterocycles. The Kier molecular flexibility index (Phi) is 3.78. The molecule has 0 fully saturated rings. The number of anilines is 2. The minimum absolute atomic E-state index is 0.177. The minimum atomic E-state index is -0.177. The van der Waals surface area contributed by atoms with Crippen LogP contribution < -0.4 is 10.6 Å². The van der Waals surface area contributed by atoms with Crippen LogP contribution in [-0.2, 0) is 7.05 Å². The van der Waals surface area contributed by atoms with Gasteiger partial charge in [0.25, 0.3) is 5.91 Å². The summed E-state index contributed by atoms with van der Waals surface area (Å²) in [6.45, 7) is 0. The van der Waals surface area contributed by atoms with E-state index in [1.165, 1.54) is 0 Å². The van der Waals surface area contributed by atoms with Gasteiger partial charge < -0.3 is 15.2 Å². The first-order valence-electron chi connectivity index (χ1n) is 7.78. The van der Waals surface area contributed by atoms with Crippen LogP contribution in [0.5, 0.6) is 0 Å². The summed E-state index contributed by atoms with van der Waals surface area (Å²) in [5.74, 6) is 0.501. The Bertz CT molecular complexity index is 1050. The van der Waals surface area contributed by atoms with Gasteiger partial charge in [0.05, 0.1) is 11.1 Å². The molecule has 0 saturated carbocycles. The zero-order valence-corrected chi connectivity index (χ0v) is 14.2. The van der Waals surface area contributed by atoms with Crippen molar-refractivity contribution in [3.8, 4) is 0 Å². The van der Waals surface area contributed by atoms with Gasteiger partial charge in [-0.1, -0.05) is 23.7 Å². The molecule has 4 rings (SSSR count). The van der Waals surface area contributed by atoms with Gasteiger partial charge in [0.1, 0.15) is 5.82 Å². The zero-order valence-electron chi connectivity index (χ0n) is 13.5. The standard InChI is InChI=1S/C19H15ClN4O/c1-24-9-8-15-17(24)16(19(25)23-13-5-3-6-13)11-21-18(15)22-14-7-2-4-12(20)10-14/h2-11H,1H3,(H,21,22)(H,23,25). The summed E-state index contributed by atoms with van der Waals surface area (Å²) in [5, 5.41) is 7.64. The highest BCUT2D eigenvalue weighted by molar-refractivity contribution is 6.30. The summed E-state index contributed by atoms with van der Waals surface area (Å²) >= 11 is 6.04. The molecule has 0 radical (unpaired) electrons. The number of hydrogen-bond acceptors (Lipinski definition) is 3. The molecule has 2 aromatic heterocycles. The second-order valence-electron chi connectivity index (χ2n) is 5.78. The third-order valence-electron chi connectivity index (χ3n) is 4.05. The van der Waals surface area contributed by atoms with E-state index in [-0.39, 0.29) is 5.91 Å². The number of benzene rings is 1. The third kappa shape index (κ3) is 2.90. The predicted octanol–water partition coefficient (Wildman–Crippen LogP) is 4.15. The molecule has 1 aromatic carbocycles. The van der Waals surface area contributed by atoms with Crippen LogP contribution in [0.25, 0.3) is 10.9 Å². The van der Waals surface area contributed by atoms with E-state index in [0.29, 0.717) is 16.4 Å². The number of aromatic nitrogens is 2. The van der Waals surface area contributed by atoms with Crippen molar-refractivity contribution in [3.05, 3.63) is 77.2 Å². The number of pyridine rings is 1. The van der Waals surface area contributed by atoms with E-state index in [4.69, 9.17) is 11.6 Å². The summed E-state index contributed by atoms with van der Waals surface area (Å²) in [6, 6.07) is 9.37. The second-order valence-corrected chi connectivity index (χ2v) is 6.22. The Morgan fingerprint density at radius 1 is 1.28 bits per heavy atom. The first kappa shape index (κ1) is 15.5. The number of amides is 1. The second kappa shape index (κ2) is 6.11. The van der Waals surface area contributed by atoms with Crippen molar-refractivity contribution in [2.75, 3.05) is 5.32 Å². The fourth-order valence-corrected chi connectivity index (χ4v) is 2.95. The number of rotatable bonds is 4. The van der Waals surface area contributed by atoms with Crippen molar-refractivity contribution >= 4 is 39.9 Å². The van der Waals surface area contributed by atoms with Gasteiger partial charge in [-0.2, -0.15) is 0 Å². The van der Waals surface area contributed by atoms with E-state index < -0.39 is 0 Å². The first-order valence-corrected chi connectivity index (χ1v) is 8.16. The maximum absolute atomic E-state index is 12.5. The van der Waals surface area contributed by atoms with Crippen molar-refractivity contribution in [2.45, 2.75) is 0 Å². The number of halogens is 1. The van der Waals surface area contributed by atoms with Crippen molar-refractivity contribution in [2.24, 2.45) is 7.05 Å². The van der Waals surface area contributed by atoms with E-state index in [1.54, 1.807) is 6.20 Å². The highest BCUT2D eigenvalue weighted by Crippen LogP contribution is 2.28. The number of carbonyl (C=O) groups is 1. The molecule has 1 aliphatic rings. The maximum Gasteiger partial charge on any atom is 0.259 e. The zero-order chi connectivity index (χ0) is 17.4. The predicted molar refractivity (Wildman–Crippen MR) is 100 cm³/mol. The summed E-state index contributed by atoms with van der Waals surface area (Å²) in [4.78, 5) is 17.0. The summed E-state index contributed by atoms with van der Waals surface area (Å²) in [5.41, 5.74) is 2.99. The van der Waals surface area contributed by atoms with Gasteiger partial charge in [-0.25, -0.2) is 4.98 Å². The largest absolute Gasteiger partial charge is 0.350 e. The van der Waals surface area contributed by atoms with Gasteiger partial charge in [-0.05, 0) is 36.4 Å². The number of aryl methyl sites for hydroxylation is 1. The number of hydrogen-bond donors (Lipinski definition) is 2. The third-order valence-corrected chi connectivity index (χ3v) is 4.28. The number of carbonyl (C=O) groups excluding carboxylic acids is 1. The molecule has 1 aliphatic carbocycles. The molecule has 3 aromatic rings. The molecule has 6 heteroatoms. The smallest absolute Gasteiger partial charge is 0.259 e. The monoisotopic (exact) mass is 350 g/mol. The quantitative estimate of drug-likeness (QED) is 0.743. The van der Waals surface area contributed by atoms with Crippen LogP contribution in [0, 0.1) is 0 Å². The first-order chi connectivity index (χ1) is 12.1. The Morgan fingerprint density at radius 2 is 2.12 bits per heavy atom. The van der Waals surface area contributed by atoms with Gasteiger partial charge in [0.15, 0.2) is 0 Å². The van der Waals surface area contributed by atoms with Crippen molar-refractivity contribution in [1.82, 2.24) is 14.9 Å². The van der Waals surface area contributed by atoms with Gasteiger partial charge in [0.2, 0.25) is 0 Å². The highest BCUT2D eigenvalue weighted by Gasteiger charge is 2.17. The van der Waals surface area contributed by atoms with E-state index in [9.17, 15) is 4.79 Å². The molecule has 0 atom stereocenters. The lowest BCUT2D eigenvalue weighted by Crippen LogP contribution is -2.24. The lowest BCUT2D eigenvalue weighted by Gasteiger charge is -2.13. The molecule has 2 N–H and O–H groups in total. The van der Waals surface area contributed by atoms with Crippen LogP contribution in [0.15, 0.2) is 66.7 Å². The van der Waals surface area contributed by atoms with E-state index in [0.717, 1.165) is 22.3 Å². The maximum atomic E-state index is 12.5. The van der Waals surface area contributed by atoms with E-state index in [2.05, 4.69) is 15.6 Å². The van der Waals surface area contributed by atoms with Gasteiger partial charge >= 0.3 is 0 Å². The lowest BCUT2D eigenvalue weighted by molar-refractivity contribution is 0.0968. The van der Waals surface area contributed by atoms with E-state index in [1.807, 2.05) is 66.4 Å². The molecule has 0 unspecified atom stereocenters. The lowest BCUT2D eigenvalue weighted by atomic mass is 10.1. The molecule has 0 aliphatic heterocycles. The molecule has 0 spiro atoms. The number of fused-ring (bicyclic) bond motifs is 1. The van der Waals surface area contributed by atoms with Crippen LogP contribution in [-0.4, -0.2) is 15.5 Å². The van der Waals surface area contributed by atoms with Crippen LogP contribution in [0.4, 0.5) is 11.5 Å². The number of nitrogens with one attached hydrogen (secondary N) is 2. The Balaban J connectivity index is 1.73. The van der Waals surface area contributed by atoms with Gasteiger partial charge in [0, 0.05) is 41.2 Å². The highest BCUT2D eigenvalue weighted by atomic mass is 35.5. The van der Waals surface area contributed by atoms with Crippen LogP contribution in [0.1, 0.15) is 10.4 Å². The van der Waals surface area contributed by atoms with Gasteiger partial charge in [-0.15, -0.1) is 0 Å². The van der Waals surface area contributed by atoms with Gasteiger partial charge in [-0.3, -0.25) is 4.79 Å². The fraction of sp³-hybridized carbons (Fsp3) is 0.0526. The van der Waals surface area contributed by atoms with E-state index >= 15 is 0 Å². The van der Waals surface area contributed by atoms with Crippen molar-refractivity contribution in [3.63, 3.8) is 0 Å². The average Bonchev–Trinajstić information content (AvgIpc) is 2.94. The Morgan fingerprint density at radius 3 is 2.84 bits per heavy atom. The summed E-state index contributed by atoms with van der Waals surface area (Å²) in [6.07, 6.45) is 9.08. The summed E-state index contributed by atoms with van der Waals surface area (Å²) in [7, 11) is 1.91. The van der Waals surface area contributed by atoms with Crippen LogP contribution in [0.3, 0.4) is 0 Å². The topological polar surface area (TPSA) is 59.0 Å². The molecule has 5 nitrogen and oxygen atoms in total. The molecule has 1 amide bonds. The van der Waals surface area contributed by atoms with Crippen molar-refractivity contribution in [1.29, 1.82) is 0 Å². The number of nitrogens with zero attached hydrogens (tertiary/aromatic N) is 2. The molecule has 0 saturated heterocycles. The summed E-state index contributed by atoms with van der Waals surface area (Å²) < 4.78 is 1.92. The molecular weight excluding hydrogens is 336 g/mol. The molecule has 0 bridgehead atoms. The van der Waals surface area contributed by atoms with Crippen LogP contribution >= 0.6 is 11.6 Å². The molecule has 25 heavy (non-hydrogen) atoms. The SMILES string of the molecule is Cn1ccc2c(Nc3cccc(Cl)c3)ncc(C(=O)NC3=CC=C3)c21. The average molecular weight is 351 g/mol. The Labute approximate surface area is 149 Å². The normalized spacial score (nSPS) is 12.6. The molecular formula is C19H15ClN4O. The Hall–Kier alpha value is -3.05. The minimum Gasteiger partial charge on any atom is -0.350 e. The molecule has 124 valence electrons. The van der Waals surface area contributed by atoms with Crippen molar-refractivity contribution < 1.29 is 4.79 Å². The number of allylic oxidation sites excluding steroid dienone is 3. The fourth-order valence-electron chi connectivity index (χ4n) is 2.76. The van der Waals surface area contributed by atoms with Crippen LogP contribution in [0.2, 0.25) is 5.02 Å².